The minimum Gasteiger partial charge on any atom is -0.271 e. The molecular weight excluding hydrogens is 250 g/mol. The summed E-state index contributed by atoms with van der Waals surface area (Å²) in [4.78, 5) is 0.231. The number of halogens is 1. The van der Waals surface area contributed by atoms with Crippen molar-refractivity contribution in [1.82, 2.24) is 14.5 Å². The highest BCUT2D eigenvalue weighted by molar-refractivity contribution is 7.89. The molecule has 0 atom stereocenters. The predicted octanol–water partition coefficient (Wildman–Crippen LogP) is 0.953. The topological polar surface area (TPSA) is 64.0 Å². The lowest BCUT2D eigenvalue weighted by Crippen LogP contribution is -2.25. The van der Waals surface area contributed by atoms with E-state index in [9.17, 15) is 8.42 Å². The molecule has 5 nitrogen and oxygen atoms in total. The molecule has 90 valence electrons. The Balaban J connectivity index is 2.04. The van der Waals surface area contributed by atoms with Gasteiger partial charge in [-0.15, -0.1) is 11.6 Å². The summed E-state index contributed by atoms with van der Waals surface area (Å²) in [5.74, 6) is 0.544. The Labute approximate surface area is 99.8 Å². The van der Waals surface area contributed by atoms with Crippen molar-refractivity contribution in [2.45, 2.75) is 36.7 Å². The number of aromatic nitrogens is 2. The van der Waals surface area contributed by atoms with Crippen LogP contribution in [0.2, 0.25) is 0 Å². The van der Waals surface area contributed by atoms with Crippen LogP contribution in [0.1, 0.15) is 19.3 Å². The summed E-state index contributed by atoms with van der Waals surface area (Å²) >= 11 is 5.55. The van der Waals surface area contributed by atoms with Crippen LogP contribution in [-0.4, -0.2) is 30.1 Å². The molecule has 0 bridgehead atoms. The molecule has 2 rings (SSSR count). The minimum atomic E-state index is -3.37. The molecule has 1 aliphatic rings. The van der Waals surface area contributed by atoms with Crippen LogP contribution in [-0.2, 0) is 16.6 Å². The number of nitrogens with one attached hydrogen (secondary N) is 1. The van der Waals surface area contributed by atoms with Gasteiger partial charge in [0.2, 0.25) is 10.0 Å². The Kier molecular flexibility index (Phi) is 3.51. The molecule has 1 saturated carbocycles. The van der Waals surface area contributed by atoms with Gasteiger partial charge >= 0.3 is 0 Å². The molecular formula is C9H14ClN3O2S. The first-order chi connectivity index (χ1) is 7.62. The molecule has 0 amide bonds. The summed E-state index contributed by atoms with van der Waals surface area (Å²) in [6.07, 6.45) is 5.55. The van der Waals surface area contributed by atoms with E-state index >= 15 is 0 Å². The van der Waals surface area contributed by atoms with E-state index < -0.39 is 10.0 Å². The molecule has 0 spiro atoms. The highest BCUT2D eigenvalue weighted by Gasteiger charge is 2.28. The van der Waals surface area contributed by atoms with Gasteiger partial charge in [0.1, 0.15) is 4.90 Å². The normalized spacial score (nSPS) is 16.6. The van der Waals surface area contributed by atoms with Crippen LogP contribution in [0.5, 0.6) is 0 Å². The number of rotatable bonds is 6. The van der Waals surface area contributed by atoms with Crippen molar-refractivity contribution in [2.24, 2.45) is 0 Å². The van der Waals surface area contributed by atoms with Crippen LogP contribution in [0.3, 0.4) is 0 Å². The molecule has 0 aliphatic heterocycles. The van der Waals surface area contributed by atoms with Crippen molar-refractivity contribution in [1.29, 1.82) is 0 Å². The van der Waals surface area contributed by atoms with Gasteiger partial charge < -0.3 is 0 Å². The Morgan fingerprint density at radius 3 is 2.94 bits per heavy atom. The summed E-state index contributed by atoms with van der Waals surface area (Å²) < 4.78 is 27.8. The number of alkyl halides is 1. The van der Waals surface area contributed by atoms with Gasteiger partial charge in [-0.2, -0.15) is 5.10 Å². The first-order valence-corrected chi connectivity index (χ1v) is 7.24. The lowest BCUT2D eigenvalue weighted by atomic mass is 10.5. The van der Waals surface area contributed by atoms with Crippen molar-refractivity contribution >= 4 is 21.6 Å². The number of sulfonamides is 1. The third kappa shape index (κ3) is 2.96. The standard InChI is InChI=1S/C9H14ClN3O2S/c10-4-1-5-13-7-9(6-11-13)16(14,15)12-8-2-3-8/h6-8,12H,1-5H2. The Bertz CT molecular complexity index is 453. The molecule has 0 saturated heterocycles. The van der Waals surface area contributed by atoms with Crippen LogP contribution < -0.4 is 4.72 Å². The zero-order valence-corrected chi connectivity index (χ0v) is 10.3. The highest BCUT2D eigenvalue weighted by Crippen LogP contribution is 2.21. The third-order valence-corrected chi connectivity index (χ3v) is 4.08. The number of hydrogen-bond donors (Lipinski definition) is 1. The summed E-state index contributed by atoms with van der Waals surface area (Å²) in [5.41, 5.74) is 0. The third-order valence-electron chi connectivity index (χ3n) is 2.34. The Morgan fingerprint density at radius 2 is 2.31 bits per heavy atom. The average molecular weight is 264 g/mol. The van der Waals surface area contributed by atoms with Gasteiger partial charge in [-0.05, 0) is 19.3 Å². The SMILES string of the molecule is O=S(=O)(NC1CC1)c1cnn(CCCCl)c1. The van der Waals surface area contributed by atoms with Crippen molar-refractivity contribution in [3.8, 4) is 0 Å². The van der Waals surface area contributed by atoms with Crippen LogP contribution in [0, 0.1) is 0 Å². The molecule has 1 aromatic heterocycles. The predicted molar refractivity (Wildman–Crippen MR) is 60.9 cm³/mol. The molecule has 7 heteroatoms. The zero-order valence-electron chi connectivity index (χ0n) is 8.76. The molecule has 16 heavy (non-hydrogen) atoms. The zero-order chi connectivity index (χ0) is 11.6. The van der Waals surface area contributed by atoms with E-state index in [0.29, 0.717) is 12.4 Å². The van der Waals surface area contributed by atoms with Crippen molar-refractivity contribution in [3.05, 3.63) is 12.4 Å². The maximum atomic E-state index is 11.8. The van der Waals surface area contributed by atoms with Crippen LogP contribution in [0.4, 0.5) is 0 Å². The van der Waals surface area contributed by atoms with E-state index in [1.807, 2.05) is 0 Å². The smallest absolute Gasteiger partial charge is 0.243 e. The second-order valence-electron chi connectivity index (χ2n) is 3.88. The summed E-state index contributed by atoms with van der Waals surface area (Å²) in [5, 5.41) is 3.99. The summed E-state index contributed by atoms with van der Waals surface area (Å²) in [6, 6.07) is 0.121. The van der Waals surface area contributed by atoms with Gasteiger partial charge in [-0.3, -0.25) is 4.68 Å². The second kappa shape index (κ2) is 4.73. The molecule has 1 N–H and O–H groups in total. The monoisotopic (exact) mass is 263 g/mol. The first kappa shape index (κ1) is 11.9. The largest absolute Gasteiger partial charge is 0.271 e. The van der Waals surface area contributed by atoms with E-state index in [1.165, 1.54) is 12.4 Å². The van der Waals surface area contributed by atoms with Gasteiger partial charge in [0, 0.05) is 24.7 Å². The Morgan fingerprint density at radius 1 is 1.56 bits per heavy atom. The lowest BCUT2D eigenvalue weighted by molar-refractivity contribution is 0.579. The average Bonchev–Trinajstić information content (AvgIpc) is 2.89. The van der Waals surface area contributed by atoms with Gasteiger partial charge in [0.15, 0.2) is 0 Å². The first-order valence-electron chi connectivity index (χ1n) is 5.22. The maximum Gasteiger partial charge on any atom is 0.243 e. The van der Waals surface area contributed by atoms with E-state index in [0.717, 1.165) is 19.3 Å². The van der Waals surface area contributed by atoms with E-state index in [1.54, 1.807) is 4.68 Å². The fourth-order valence-corrected chi connectivity index (χ4v) is 2.69. The van der Waals surface area contributed by atoms with Gasteiger partial charge in [-0.1, -0.05) is 0 Å². The van der Waals surface area contributed by atoms with Crippen LogP contribution in [0.25, 0.3) is 0 Å². The van der Waals surface area contributed by atoms with Crippen LogP contribution in [0.15, 0.2) is 17.3 Å². The Hall–Kier alpha value is -0.590. The van der Waals surface area contributed by atoms with E-state index in [2.05, 4.69) is 9.82 Å². The van der Waals surface area contributed by atoms with E-state index in [-0.39, 0.29) is 10.9 Å². The second-order valence-corrected chi connectivity index (χ2v) is 5.97. The number of hydrogen-bond acceptors (Lipinski definition) is 3. The van der Waals surface area contributed by atoms with Crippen molar-refractivity contribution in [3.63, 3.8) is 0 Å². The highest BCUT2D eigenvalue weighted by atomic mass is 35.5. The number of nitrogens with zero attached hydrogens (tertiary/aromatic N) is 2. The minimum absolute atomic E-state index is 0.121. The van der Waals surface area contributed by atoms with Gasteiger partial charge in [-0.25, -0.2) is 13.1 Å². The molecule has 1 aliphatic carbocycles. The maximum absolute atomic E-state index is 11.8. The van der Waals surface area contributed by atoms with E-state index in [4.69, 9.17) is 11.6 Å². The van der Waals surface area contributed by atoms with Gasteiger partial charge in [0.05, 0.1) is 6.20 Å². The number of aryl methyl sites for hydroxylation is 1. The summed E-state index contributed by atoms with van der Waals surface area (Å²) in [6.45, 7) is 0.641. The lowest BCUT2D eigenvalue weighted by Gasteiger charge is -2.01. The fraction of sp³-hybridized carbons (Fsp3) is 0.667. The van der Waals surface area contributed by atoms with Crippen molar-refractivity contribution in [2.75, 3.05) is 5.88 Å². The molecule has 1 heterocycles. The molecule has 0 unspecified atom stereocenters. The molecule has 1 aromatic rings. The fourth-order valence-electron chi connectivity index (χ4n) is 1.32. The van der Waals surface area contributed by atoms with Crippen LogP contribution >= 0.6 is 11.6 Å². The van der Waals surface area contributed by atoms with Crippen molar-refractivity contribution < 1.29 is 8.42 Å². The van der Waals surface area contributed by atoms with Gasteiger partial charge in [0.25, 0.3) is 0 Å². The molecule has 0 aromatic carbocycles. The molecule has 0 radical (unpaired) electrons. The summed E-state index contributed by atoms with van der Waals surface area (Å²) in [7, 11) is -3.37. The molecule has 1 fully saturated rings. The quantitative estimate of drug-likeness (QED) is 0.778.